The molecule has 0 saturated heterocycles. The van der Waals surface area contributed by atoms with E-state index in [0.29, 0.717) is 28.9 Å². The van der Waals surface area contributed by atoms with Crippen LogP contribution in [-0.4, -0.2) is 31.6 Å². The molecule has 0 saturated carbocycles. The molecule has 0 fully saturated rings. The number of ether oxygens (including phenoxy) is 1. The Bertz CT molecular complexity index is 422. The van der Waals surface area contributed by atoms with Gasteiger partial charge in [-0.3, -0.25) is 4.90 Å². The van der Waals surface area contributed by atoms with Crippen molar-refractivity contribution in [2.45, 2.75) is 6.42 Å². The van der Waals surface area contributed by atoms with Gasteiger partial charge < -0.3 is 4.74 Å². The summed E-state index contributed by atoms with van der Waals surface area (Å²) in [6, 6.07) is 3.51. The van der Waals surface area contributed by atoms with Crippen LogP contribution in [0, 0.1) is 15.9 Å². The van der Waals surface area contributed by atoms with Gasteiger partial charge in [0, 0.05) is 11.6 Å². The van der Waals surface area contributed by atoms with Crippen molar-refractivity contribution in [3.8, 4) is 18.1 Å². The minimum Gasteiger partial charge on any atom is -0.491 e. The molecule has 98 valence electrons. The van der Waals surface area contributed by atoms with E-state index < -0.39 is 0 Å². The largest absolute Gasteiger partial charge is 0.491 e. The Morgan fingerprint density at radius 3 is 2.78 bits per heavy atom. The number of nitrogens with zero attached hydrogens (tertiary/aromatic N) is 1. The maximum atomic E-state index is 6.07. The number of rotatable bonds is 6. The molecule has 0 heterocycles. The van der Waals surface area contributed by atoms with Crippen LogP contribution in [0.3, 0.4) is 0 Å². The summed E-state index contributed by atoms with van der Waals surface area (Å²) in [5.74, 6) is 3.29. The van der Waals surface area contributed by atoms with Gasteiger partial charge in [-0.05, 0) is 48.2 Å². The Hall–Kier alpha value is -0.150. The Kier molecular flexibility index (Phi) is 7.16. The fraction of sp³-hybridized carbons (Fsp3) is 0.385. The third-order valence-electron chi connectivity index (χ3n) is 2.25. The number of hydrogen-bond acceptors (Lipinski definition) is 2. The monoisotopic (exact) mass is 395 g/mol. The van der Waals surface area contributed by atoms with Crippen LogP contribution in [0.15, 0.2) is 12.1 Å². The molecule has 0 aliphatic rings. The van der Waals surface area contributed by atoms with Crippen LogP contribution in [0.2, 0.25) is 10.0 Å². The summed E-state index contributed by atoms with van der Waals surface area (Å²) in [5.41, 5.74) is 0. The standard InChI is InChI=1S/C13H14Cl2INO/c1-3-5-17(2)6-4-7-18-13-11(15)8-10(14)9-12(13)16/h1,8-9H,4-7H2,2H3/i16-2. The predicted molar refractivity (Wildman–Crippen MR) is 85.6 cm³/mol. The van der Waals surface area contributed by atoms with Gasteiger partial charge in [-0.1, -0.05) is 29.1 Å². The van der Waals surface area contributed by atoms with Gasteiger partial charge >= 0.3 is 0 Å². The Balaban J connectivity index is 2.43. The van der Waals surface area contributed by atoms with Crippen molar-refractivity contribution >= 4 is 45.8 Å². The lowest BCUT2D eigenvalue weighted by Crippen LogP contribution is -2.21. The van der Waals surface area contributed by atoms with E-state index in [1.807, 2.05) is 13.1 Å². The van der Waals surface area contributed by atoms with Crippen molar-refractivity contribution in [1.82, 2.24) is 4.90 Å². The van der Waals surface area contributed by atoms with Crippen LogP contribution in [0.5, 0.6) is 5.75 Å². The van der Waals surface area contributed by atoms with Gasteiger partial charge in [-0.2, -0.15) is 0 Å². The normalized spacial score (nSPS) is 10.4. The van der Waals surface area contributed by atoms with Crippen molar-refractivity contribution in [3.05, 3.63) is 25.7 Å². The highest BCUT2D eigenvalue weighted by Crippen LogP contribution is 2.33. The van der Waals surface area contributed by atoms with E-state index in [-0.39, 0.29) is 0 Å². The van der Waals surface area contributed by atoms with E-state index in [2.05, 4.69) is 33.4 Å². The van der Waals surface area contributed by atoms with Gasteiger partial charge in [0.15, 0.2) is 5.75 Å². The second kappa shape index (κ2) is 8.11. The molecule has 0 amide bonds. The molecule has 18 heavy (non-hydrogen) atoms. The molecule has 1 aromatic rings. The molecular weight excluding hydrogens is 382 g/mol. The fourth-order valence-electron chi connectivity index (χ4n) is 1.41. The molecule has 1 rings (SSSR count). The lowest BCUT2D eigenvalue weighted by atomic mass is 10.3. The number of hydrogen-bond donors (Lipinski definition) is 0. The summed E-state index contributed by atoms with van der Waals surface area (Å²) in [7, 11) is 1.99. The van der Waals surface area contributed by atoms with E-state index in [1.54, 1.807) is 6.07 Å². The van der Waals surface area contributed by atoms with Crippen LogP contribution in [0.25, 0.3) is 0 Å². The van der Waals surface area contributed by atoms with Crippen LogP contribution < -0.4 is 4.74 Å². The van der Waals surface area contributed by atoms with Crippen molar-refractivity contribution in [3.63, 3.8) is 0 Å². The van der Waals surface area contributed by atoms with Crippen molar-refractivity contribution in [2.75, 3.05) is 26.7 Å². The molecular formula is C13H14Cl2INO. The zero-order valence-electron chi connectivity index (χ0n) is 10.0. The molecule has 0 bridgehead atoms. The highest BCUT2D eigenvalue weighted by Gasteiger charge is 2.08. The minimum atomic E-state index is 0.545. The van der Waals surface area contributed by atoms with E-state index in [1.165, 1.54) is 0 Å². The summed E-state index contributed by atoms with van der Waals surface area (Å²) in [6.45, 7) is 2.15. The molecule has 0 aliphatic heterocycles. The predicted octanol–water partition coefficient (Wildman–Crippen LogP) is 3.93. The zero-order chi connectivity index (χ0) is 13.5. The average Bonchev–Trinajstić information content (AvgIpc) is 2.27. The second-order valence-corrected chi connectivity index (χ2v) is 5.85. The first kappa shape index (κ1) is 15.9. The highest BCUT2D eigenvalue weighted by molar-refractivity contribution is 14.1. The van der Waals surface area contributed by atoms with Crippen LogP contribution in [0.4, 0.5) is 0 Å². The van der Waals surface area contributed by atoms with Gasteiger partial charge in [-0.25, -0.2) is 0 Å². The SMILES string of the molecule is C#CCN(C)CCCOc1c(Cl)cc(Cl)cc1[125I]. The molecule has 0 unspecified atom stereocenters. The quantitative estimate of drug-likeness (QED) is 0.411. The topological polar surface area (TPSA) is 12.5 Å². The molecule has 0 N–H and O–H groups in total. The number of halogens is 3. The zero-order valence-corrected chi connectivity index (χ0v) is 13.7. The summed E-state index contributed by atoms with van der Waals surface area (Å²) in [4.78, 5) is 2.07. The van der Waals surface area contributed by atoms with Gasteiger partial charge in [0.05, 0.1) is 21.7 Å². The van der Waals surface area contributed by atoms with Gasteiger partial charge in [0.1, 0.15) is 0 Å². The average molecular weight is 396 g/mol. The summed E-state index contributed by atoms with van der Waals surface area (Å²) >= 11 is 14.1. The summed E-state index contributed by atoms with van der Waals surface area (Å²) in [6.07, 6.45) is 6.12. The first-order valence-corrected chi connectivity index (χ1v) is 7.27. The molecule has 0 atom stereocenters. The first-order chi connectivity index (χ1) is 8.54. The van der Waals surface area contributed by atoms with E-state index >= 15 is 0 Å². The van der Waals surface area contributed by atoms with E-state index in [9.17, 15) is 0 Å². The molecule has 0 spiro atoms. The molecule has 0 aromatic heterocycles. The van der Waals surface area contributed by atoms with Crippen LogP contribution in [-0.2, 0) is 0 Å². The van der Waals surface area contributed by atoms with Gasteiger partial charge in [0.25, 0.3) is 0 Å². The lowest BCUT2D eigenvalue weighted by Gasteiger charge is -2.14. The third-order valence-corrected chi connectivity index (χ3v) is 3.56. The maximum absolute atomic E-state index is 6.07. The lowest BCUT2D eigenvalue weighted by molar-refractivity contribution is 0.273. The maximum Gasteiger partial charge on any atom is 0.151 e. The van der Waals surface area contributed by atoms with Crippen LogP contribution >= 0.6 is 45.8 Å². The van der Waals surface area contributed by atoms with Gasteiger partial charge in [-0.15, -0.1) is 6.42 Å². The van der Waals surface area contributed by atoms with Crippen molar-refractivity contribution in [1.29, 1.82) is 0 Å². The van der Waals surface area contributed by atoms with Crippen molar-refractivity contribution in [2.24, 2.45) is 0 Å². The molecule has 5 heteroatoms. The molecule has 2 nitrogen and oxygen atoms in total. The Morgan fingerprint density at radius 1 is 1.44 bits per heavy atom. The van der Waals surface area contributed by atoms with Crippen molar-refractivity contribution < 1.29 is 4.74 Å². The molecule has 1 aromatic carbocycles. The van der Waals surface area contributed by atoms with E-state index in [4.69, 9.17) is 34.4 Å². The van der Waals surface area contributed by atoms with Gasteiger partial charge in [0.2, 0.25) is 0 Å². The third kappa shape index (κ3) is 5.23. The number of benzene rings is 1. The summed E-state index contributed by atoms with van der Waals surface area (Å²) < 4.78 is 6.59. The minimum absolute atomic E-state index is 0.545. The second-order valence-electron chi connectivity index (χ2n) is 3.84. The fourth-order valence-corrected chi connectivity index (χ4v) is 3.08. The Labute approximate surface area is 132 Å². The first-order valence-electron chi connectivity index (χ1n) is 5.44. The Morgan fingerprint density at radius 2 is 2.17 bits per heavy atom. The highest BCUT2D eigenvalue weighted by atomic mass is 125. The van der Waals surface area contributed by atoms with Crippen LogP contribution in [0.1, 0.15) is 6.42 Å². The van der Waals surface area contributed by atoms with E-state index in [0.717, 1.165) is 16.5 Å². The smallest absolute Gasteiger partial charge is 0.151 e. The number of terminal acetylenes is 1. The molecule has 0 radical (unpaired) electrons. The molecule has 0 aliphatic carbocycles. The summed E-state index contributed by atoms with van der Waals surface area (Å²) in [5, 5.41) is 1.16.